The van der Waals surface area contributed by atoms with Crippen molar-refractivity contribution in [2.75, 3.05) is 7.11 Å². The maximum atomic E-state index is 9.93. The van der Waals surface area contributed by atoms with Crippen LogP contribution < -0.4 is 4.74 Å². The predicted molar refractivity (Wildman–Crippen MR) is 62.7 cm³/mol. The molecule has 1 N–H and O–H groups in total. The number of methoxy groups -OCH3 is 1. The van der Waals surface area contributed by atoms with E-state index in [0.29, 0.717) is 11.5 Å². The van der Waals surface area contributed by atoms with Crippen molar-refractivity contribution in [2.45, 2.75) is 40.0 Å². The Balaban J connectivity index is 3.13. The van der Waals surface area contributed by atoms with E-state index in [9.17, 15) is 5.11 Å². The summed E-state index contributed by atoms with van der Waals surface area (Å²) in [6.07, 6.45) is 3.24. The van der Waals surface area contributed by atoms with Crippen molar-refractivity contribution < 1.29 is 9.84 Å². The lowest BCUT2D eigenvalue weighted by atomic mass is 10.00. The monoisotopic (exact) mass is 208 g/mol. The van der Waals surface area contributed by atoms with E-state index in [1.54, 1.807) is 7.11 Å². The van der Waals surface area contributed by atoms with E-state index >= 15 is 0 Å². The van der Waals surface area contributed by atoms with Gasteiger partial charge in [0.15, 0.2) is 11.5 Å². The molecular weight excluding hydrogens is 188 g/mol. The van der Waals surface area contributed by atoms with Crippen LogP contribution in [0.4, 0.5) is 0 Å². The largest absolute Gasteiger partial charge is 0.504 e. The highest BCUT2D eigenvalue weighted by Crippen LogP contribution is 2.36. The van der Waals surface area contributed by atoms with Crippen molar-refractivity contribution in [1.82, 2.24) is 0 Å². The van der Waals surface area contributed by atoms with Gasteiger partial charge in [0.1, 0.15) is 0 Å². The predicted octanol–water partition coefficient (Wildman–Crippen LogP) is 3.36. The van der Waals surface area contributed by atoms with E-state index in [1.165, 1.54) is 0 Å². The first-order valence-corrected chi connectivity index (χ1v) is 5.47. The molecule has 84 valence electrons. The molecule has 0 saturated heterocycles. The summed E-state index contributed by atoms with van der Waals surface area (Å²) in [6, 6.07) is 2.11. The van der Waals surface area contributed by atoms with Gasteiger partial charge < -0.3 is 9.84 Å². The molecule has 0 unspecified atom stereocenters. The number of phenols is 1. The molecule has 2 nitrogen and oxygen atoms in total. The summed E-state index contributed by atoms with van der Waals surface area (Å²) in [7, 11) is 1.61. The number of ether oxygens (including phenoxy) is 1. The normalized spacial score (nSPS) is 10.4. The van der Waals surface area contributed by atoms with Gasteiger partial charge in [-0.15, -0.1) is 0 Å². The lowest BCUT2D eigenvalue weighted by Crippen LogP contribution is -1.96. The third-order valence-electron chi connectivity index (χ3n) is 2.85. The fraction of sp³-hybridized carbons (Fsp3) is 0.538. The van der Waals surface area contributed by atoms with Crippen molar-refractivity contribution >= 4 is 0 Å². The van der Waals surface area contributed by atoms with Gasteiger partial charge in [0, 0.05) is 0 Å². The van der Waals surface area contributed by atoms with E-state index in [1.807, 2.05) is 13.8 Å². The van der Waals surface area contributed by atoms with Crippen LogP contribution in [0.5, 0.6) is 11.5 Å². The van der Waals surface area contributed by atoms with E-state index in [2.05, 4.69) is 13.0 Å². The summed E-state index contributed by atoms with van der Waals surface area (Å²) in [4.78, 5) is 0. The highest BCUT2D eigenvalue weighted by molar-refractivity contribution is 5.53. The summed E-state index contributed by atoms with van der Waals surface area (Å²) in [6.45, 7) is 6.09. The molecule has 1 aromatic rings. The number of phenolic OH excluding ortho intramolecular Hbond substituents is 1. The fourth-order valence-corrected chi connectivity index (χ4v) is 1.72. The zero-order valence-electron chi connectivity index (χ0n) is 10.1. The standard InChI is InChI=1S/C13H20O2/c1-5-6-7-11-8-9(2)10(3)12(14)13(11)15-4/h8,14H,5-7H2,1-4H3. The Morgan fingerprint density at radius 2 is 2.00 bits per heavy atom. The molecule has 1 aromatic carbocycles. The highest BCUT2D eigenvalue weighted by Gasteiger charge is 2.12. The van der Waals surface area contributed by atoms with Crippen molar-refractivity contribution in [1.29, 1.82) is 0 Å². The van der Waals surface area contributed by atoms with Crippen molar-refractivity contribution in [3.8, 4) is 11.5 Å². The third kappa shape index (κ3) is 2.44. The highest BCUT2D eigenvalue weighted by atomic mass is 16.5. The number of unbranched alkanes of at least 4 members (excludes halogenated alkanes) is 1. The summed E-state index contributed by atoms with van der Waals surface area (Å²) in [5.41, 5.74) is 3.14. The van der Waals surface area contributed by atoms with E-state index in [4.69, 9.17) is 4.74 Å². The quantitative estimate of drug-likeness (QED) is 0.822. The molecule has 0 aliphatic heterocycles. The lowest BCUT2D eigenvalue weighted by Gasteiger charge is -2.14. The van der Waals surface area contributed by atoms with Gasteiger partial charge in [-0.3, -0.25) is 0 Å². The fourth-order valence-electron chi connectivity index (χ4n) is 1.72. The summed E-state index contributed by atoms with van der Waals surface area (Å²) in [5.74, 6) is 0.940. The van der Waals surface area contributed by atoms with E-state index in [-0.39, 0.29) is 0 Å². The van der Waals surface area contributed by atoms with Crippen molar-refractivity contribution in [2.24, 2.45) is 0 Å². The number of benzene rings is 1. The van der Waals surface area contributed by atoms with Gasteiger partial charge in [-0.25, -0.2) is 0 Å². The zero-order valence-corrected chi connectivity index (χ0v) is 10.1. The van der Waals surface area contributed by atoms with Gasteiger partial charge in [0.25, 0.3) is 0 Å². The molecule has 0 aliphatic rings. The minimum atomic E-state index is 0.295. The molecule has 0 aliphatic carbocycles. The first-order chi connectivity index (χ1) is 7.11. The number of aromatic hydroxyl groups is 1. The first kappa shape index (κ1) is 11.9. The molecular formula is C13H20O2. The van der Waals surface area contributed by atoms with Crippen LogP contribution in [0.2, 0.25) is 0 Å². The second-order valence-electron chi connectivity index (χ2n) is 3.96. The van der Waals surface area contributed by atoms with Crippen molar-refractivity contribution in [3.63, 3.8) is 0 Å². The minimum Gasteiger partial charge on any atom is -0.504 e. The van der Waals surface area contributed by atoms with Crippen LogP contribution >= 0.6 is 0 Å². The van der Waals surface area contributed by atoms with Crippen LogP contribution in [0.3, 0.4) is 0 Å². The molecule has 0 saturated carbocycles. The van der Waals surface area contributed by atoms with Crippen LogP contribution in [-0.4, -0.2) is 12.2 Å². The molecule has 0 radical (unpaired) electrons. The minimum absolute atomic E-state index is 0.295. The van der Waals surface area contributed by atoms with Crippen LogP contribution in [-0.2, 0) is 6.42 Å². The smallest absolute Gasteiger partial charge is 0.163 e. The number of hydrogen-bond donors (Lipinski definition) is 1. The van der Waals surface area contributed by atoms with E-state index in [0.717, 1.165) is 36.0 Å². The summed E-state index contributed by atoms with van der Waals surface area (Å²) < 4.78 is 5.26. The molecule has 15 heavy (non-hydrogen) atoms. The average Bonchev–Trinajstić information content (AvgIpc) is 2.23. The Bertz CT molecular complexity index is 343. The molecule has 0 bridgehead atoms. The molecule has 0 aromatic heterocycles. The molecule has 0 amide bonds. The molecule has 0 heterocycles. The Morgan fingerprint density at radius 3 is 2.53 bits per heavy atom. The summed E-state index contributed by atoms with van der Waals surface area (Å²) >= 11 is 0. The Morgan fingerprint density at radius 1 is 1.33 bits per heavy atom. The van der Waals surface area contributed by atoms with Gasteiger partial charge in [0.2, 0.25) is 0 Å². The van der Waals surface area contributed by atoms with Crippen LogP contribution in [0.1, 0.15) is 36.5 Å². The SMILES string of the molecule is CCCCc1cc(C)c(C)c(O)c1OC. The van der Waals surface area contributed by atoms with Gasteiger partial charge in [-0.05, 0) is 43.4 Å². The maximum absolute atomic E-state index is 9.93. The number of hydrogen-bond acceptors (Lipinski definition) is 2. The van der Waals surface area contributed by atoms with Crippen molar-refractivity contribution in [3.05, 3.63) is 22.8 Å². The Hall–Kier alpha value is -1.18. The lowest BCUT2D eigenvalue weighted by molar-refractivity contribution is 0.366. The van der Waals surface area contributed by atoms with Gasteiger partial charge in [-0.1, -0.05) is 19.4 Å². The maximum Gasteiger partial charge on any atom is 0.163 e. The second kappa shape index (κ2) is 5.06. The third-order valence-corrected chi connectivity index (χ3v) is 2.85. The first-order valence-electron chi connectivity index (χ1n) is 5.47. The van der Waals surface area contributed by atoms with E-state index < -0.39 is 0 Å². The van der Waals surface area contributed by atoms with Gasteiger partial charge in [0.05, 0.1) is 7.11 Å². The number of aryl methyl sites for hydroxylation is 2. The average molecular weight is 208 g/mol. The van der Waals surface area contributed by atoms with Gasteiger partial charge >= 0.3 is 0 Å². The molecule has 0 fully saturated rings. The van der Waals surface area contributed by atoms with Gasteiger partial charge in [-0.2, -0.15) is 0 Å². The summed E-state index contributed by atoms with van der Waals surface area (Å²) in [5, 5.41) is 9.93. The second-order valence-corrected chi connectivity index (χ2v) is 3.96. The molecule has 0 spiro atoms. The number of rotatable bonds is 4. The van der Waals surface area contributed by atoms with Crippen LogP contribution in [0, 0.1) is 13.8 Å². The zero-order chi connectivity index (χ0) is 11.4. The van der Waals surface area contributed by atoms with Crippen LogP contribution in [0.25, 0.3) is 0 Å². The van der Waals surface area contributed by atoms with Crippen LogP contribution in [0.15, 0.2) is 6.07 Å². The molecule has 0 atom stereocenters. The molecule has 2 heteroatoms. The Labute approximate surface area is 91.9 Å². The topological polar surface area (TPSA) is 29.5 Å². The molecule has 1 rings (SSSR count). The Kier molecular flexibility index (Phi) is 4.01.